The summed E-state index contributed by atoms with van der Waals surface area (Å²) in [5.41, 5.74) is 0.829. The summed E-state index contributed by atoms with van der Waals surface area (Å²) in [6.07, 6.45) is 1.43. The van der Waals surface area contributed by atoms with Crippen LogP contribution >= 0.6 is 11.3 Å². The minimum absolute atomic E-state index is 0.0879. The molecule has 0 saturated carbocycles. The Balaban J connectivity index is 1.90. The molecule has 0 bridgehead atoms. The number of rotatable bonds is 3. The fraction of sp³-hybridized carbons (Fsp3) is 0.188. The third kappa shape index (κ3) is 2.75. The van der Waals surface area contributed by atoms with Gasteiger partial charge in [-0.2, -0.15) is 0 Å². The molecule has 2 aromatic heterocycles. The highest BCUT2D eigenvalue weighted by molar-refractivity contribution is 7.20. The quantitative estimate of drug-likeness (QED) is 0.801. The molecule has 23 heavy (non-hydrogen) atoms. The highest BCUT2D eigenvalue weighted by Crippen LogP contribution is 2.26. The summed E-state index contributed by atoms with van der Waals surface area (Å²) >= 11 is 1.16. The molecule has 0 fully saturated rings. The van der Waals surface area contributed by atoms with Gasteiger partial charge < -0.3 is 9.88 Å². The Hall–Kier alpha value is -2.54. The van der Waals surface area contributed by atoms with Crippen LogP contribution in [0.3, 0.4) is 0 Å². The number of carbonyl (C=O) groups excluding carboxylic acids is 1. The van der Waals surface area contributed by atoms with Crippen molar-refractivity contribution in [2.45, 2.75) is 13.5 Å². The van der Waals surface area contributed by atoms with Crippen LogP contribution in [0.1, 0.15) is 20.8 Å². The van der Waals surface area contributed by atoms with Crippen molar-refractivity contribution in [3.05, 3.63) is 62.8 Å². The molecule has 7 heteroatoms. The largest absolute Gasteiger partial charge is 0.347 e. The molecule has 0 radical (unpaired) electrons. The van der Waals surface area contributed by atoms with Crippen molar-refractivity contribution < 1.29 is 9.18 Å². The number of fused-ring (bicyclic) bond motifs is 1. The van der Waals surface area contributed by atoms with Gasteiger partial charge in [0.1, 0.15) is 10.6 Å². The molecule has 1 N–H and O–H groups in total. The number of hydrogen-bond donors (Lipinski definition) is 1. The molecule has 0 saturated heterocycles. The predicted octanol–water partition coefficient (Wildman–Crippen LogP) is 2.37. The number of aromatic nitrogens is 2. The molecule has 0 atom stereocenters. The van der Waals surface area contributed by atoms with Crippen LogP contribution in [0.4, 0.5) is 4.39 Å². The molecular formula is C16H14FN3O2S. The fourth-order valence-electron chi connectivity index (χ4n) is 2.32. The number of hydrogen-bond acceptors (Lipinski definition) is 4. The van der Waals surface area contributed by atoms with Gasteiger partial charge in [-0.05, 0) is 18.6 Å². The summed E-state index contributed by atoms with van der Waals surface area (Å²) in [7, 11) is 1.61. The van der Waals surface area contributed by atoms with Gasteiger partial charge in [-0.15, -0.1) is 11.3 Å². The standard InChI is InChI=1S/C16H14FN3O2S/c1-9-12-15(19-8-20(2)16(12)22)23-13(9)14(21)18-7-10-5-3-4-6-11(10)17/h3-6,8H,7H2,1-2H3,(H,18,21). The number of nitrogens with one attached hydrogen (secondary N) is 1. The molecule has 1 aromatic carbocycles. The van der Waals surface area contributed by atoms with E-state index in [-0.39, 0.29) is 23.8 Å². The van der Waals surface area contributed by atoms with Gasteiger partial charge in [0.05, 0.1) is 16.6 Å². The Kier molecular flexibility index (Phi) is 3.96. The van der Waals surface area contributed by atoms with Crippen molar-refractivity contribution in [1.29, 1.82) is 0 Å². The van der Waals surface area contributed by atoms with E-state index in [0.29, 0.717) is 26.2 Å². The van der Waals surface area contributed by atoms with Gasteiger partial charge in [0.15, 0.2) is 0 Å². The molecule has 0 aliphatic carbocycles. The predicted molar refractivity (Wildman–Crippen MR) is 87.2 cm³/mol. The molecule has 0 aliphatic heterocycles. The average Bonchev–Trinajstić information content (AvgIpc) is 2.87. The lowest BCUT2D eigenvalue weighted by Crippen LogP contribution is -2.23. The topological polar surface area (TPSA) is 64.0 Å². The lowest BCUT2D eigenvalue weighted by molar-refractivity contribution is 0.0954. The number of amides is 1. The zero-order chi connectivity index (χ0) is 16.6. The number of aryl methyl sites for hydroxylation is 2. The van der Waals surface area contributed by atoms with Gasteiger partial charge in [0.2, 0.25) is 0 Å². The van der Waals surface area contributed by atoms with E-state index >= 15 is 0 Å². The van der Waals surface area contributed by atoms with Crippen LogP contribution in [0.2, 0.25) is 0 Å². The summed E-state index contributed by atoms with van der Waals surface area (Å²) in [6, 6.07) is 6.27. The van der Waals surface area contributed by atoms with E-state index in [9.17, 15) is 14.0 Å². The summed E-state index contributed by atoms with van der Waals surface area (Å²) in [5, 5.41) is 3.14. The van der Waals surface area contributed by atoms with E-state index in [0.717, 1.165) is 11.3 Å². The first-order chi connectivity index (χ1) is 11.0. The van der Waals surface area contributed by atoms with Crippen LogP contribution < -0.4 is 10.9 Å². The summed E-state index contributed by atoms with van der Waals surface area (Å²) < 4.78 is 15.0. The average molecular weight is 331 g/mol. The SMILES string of the molecule is Cc1c(C(=O)NCc2ccccc2F)sc2ncn(C)c(=O)c12. The second kappa shape index (κ2) is 5.92. The minimum atomic E-state index is -0.364. The Bertz CT molecular complexity index is 962. The van der Waals surface area contributed by atoms with Gasteiger partial charge >= 0.3 is 0 Å². The van der Waals surface area contributed by atoms with Crippen LogP contribution in [0, 0.1) is 12.7 Å². The summed E-state index contributed by atoms with van der Waals surface area (Å²) in [4.78, 5) is 29.6. The molecule has 0 aliphatic rings. The van der Waals surface area contributed by atoms with Gasteiger partial charge in [0.25, 0.3) is 11.5 Å². The van der Waals surface area contributed by atoms with Gasteiger partial charge in [0, 0.05) is 19.2 Å². The van der Waals surface area contributed by atoms with Gasteiger partial charge in [-0.1, -0.05) is 18.2 Å². The first kappa shape index (κ1) is 15.4. The van der Waals surface area contributed by atoms with Gasteiger partial charge in [-0.3, -0.25) is 9.59 Å². The monoisotopic (exact) mass is 331 g/mol. The van der Waals surface area contributed by atoms with Crippen LogP contribution in [-0.2, 0) is 13.6 Å². The van der Waals surface area contributed by atoms with Crippen LogP contribution in [0.5, 0.6) is 0 Å². The van der Waals surface area contributed by atoms with Crippen molar-refractivity contribution in [3.8, 4) is 0 Å². The van der Waals surface area contributed by atoms with E-state index in [2.05, 4.69) is 10.3 Å². The first-order valence-corrected chi connectivity index (χ1v) is 7.77. The van der Waals surface area contributed by atoms with Crippen molar-refractivity contribution in [1.82, 2.24) is 14.9 Å². The Morgan fingerprint density at radius 2 is 2.13 bits per heavy atom. The zero-order valence-electron chi connectivity index (χ0n) is 12.6. The maximum Gasteiger partial charge on any atom is 0.262 e. The lowest BCUT2D eigenvalue weighted by atomic mass is 10.2. The van der Waals surface area contributed by atoms with Crippen LogP contribution in [0.15, 0.2) is 35.4 Å². The van der Waals surface area contributed by atoms with Crippen molar-refractivity contribution in [2.75, 3.05) is 0 Å². The molecular weight excluding hydrogens is 317 g/mol. The highest BCUT2D eigenvalue weighted by atomic mass is 32.1. The van der Waals surface area contributed by atoms with Crippen molar-refractivity contribution in [2.24, 2.45) is 7.05 Å². The number of carbonyl (C=O) groups is 1. The number of benzene rings is 1. The number of nitrogens with zero attached hydrogens (tertiary/aromatic N) is 2. The highest BCUT2D eigenvalue weighted by Gasteiger charge is 2.19. The number of halogens is 1. The lowest BCUT2D eigenvalue weighted by Gasteiger charge is -2.05. The van der Waals surface area contributed by atoms with E-state index in [1.54, 1.807) is 32.2 Å². The zero-order valence-corrected chi connectivity index (χ0v) is 13.4. The van der Waals surface area contributed by atoms with E-state index in [1.165, 1.54) is 17.0 Å². The van der Waals surface area contributed by atoms with Crippen LogP contribution in [-0.4, -0.2) is 15.5 Å². The summed E-state index contributed by atoms with van der Waals surface area (Å²) in [6.45, 7) is 1.81. The third-order valence-electron chi connectivity index (χ3n) is 3.61. The van der Waals surface area contributed by atoms with Gasteiger partial charge in [-0.25, -0.2) is 9.37 Å². The second-order valence-corrected chi connectivity index (χ2v) is 6.17. The minimum Gasteiger partial charge on any atom is -0.347 e. The molecule has 5 nitrogen and oxygen atoms in total. The van der Waals surface area contributed by atoms with E-state index in [4.69, 9.17) is 0 Å². The van der Waals surface area contributed by atoms with Crippen molar-refractivity contribution in [3.63, 3.8) is 0 Å². The molecule has 0 spiro atoms. The van der Waals surface area contributed by atoms with Crippen molar-refractivity contribution >= 4 is 27.5 Å². The summed E-state index contributed by atoms with van der Waals surface area (Å²) in [5.74, 6) is -0.702. The number of thiophene rings is 1. The smallest absolute Gasteiger partial charge is 0.262 e. The molecule has 3 rings (SSSR count). The normalized spacial score (nSPS) is 10.9. The van der Waals surface area contributed by atoms with Crippen LogP contribution in [0.25, 0.3) is 10.2 Å². The molecule has 0 unspecified atom stereocenters. The molecule has 1 amide bonds. The fourth-order valence-corrected chi connectivity index (χ4v) is 3.38. The van der Waals surface area contributed by atoms with E-state index in [1.807, 2.05) is 0 Å². The molecule has 2 heterocycles. The maximum absolute atomic E-state index is 13.6. The molecule has 3 aromatic rings. The Morgan fingerprint density at radius 1 is 1.39 bits per heavy atom. The third-order valence-corrected chi connectivity index (χ3v) is 4.81. The first-order valence-electron chi connectivity index (χ1n) is 6.95. The maximum atomic E-state index is 13.6. The molecule has 118 valence electrons. The Labute approximate surface area is 135 Å². The second-order valence-electron chi connectivity index (χ2n) is 5.17. The van der Waals surface area contributed by atoms with E-state index < -0.39 is 0 Å². The Morgan fingerprint density at radius 3 is 2.87 bits per heavy atom.